The standard InChI is InChI=1S/C12H14N4O2/c17-11-8-10(14-12(18)15-11)16(5-13-8)9(6-1-2-6)7-3-4-7/h5-7,9H,1-4H2,(H2,14,15,17,18). The average Bonchev–Trinajstić information content (AvgIpc) is 3.20. The highest BCUT2D eigenvalue weighted by atomic mass is 16.2. The van der Waals surface area contributed by atoms with Gasteiger partial charge in [-0.1, -0.05) is 0 Å². The van der Waals surface area contributed by atoms with Gasteiger partial charge in [0.05, 0.1) is 6.33 Å². The van der Waals surface area contributed by atoms with Crippen molar-refractivity contribution in [3.05, 3.63) is 27.2 Å². The fraction of sp³-hybridized carbons (Fsp3) is 0.583. The minimum Gasteiger partial charge on any atom is -0.313 e. The average molecular weight is 246 g/mol. The Hall–Kier alpha value is -1.85. The molecule has 2 fully saturated rings. The quantitative estimate of drug-likeness (QED) is 0.839. The molecule has 18 heavy (non-hydrogen) atoms. The van der Waals surface area contributed by atoms with Crippen LogP contribution in [0, 0.1) is 11.8 Å². The highest BCUT2D eigenvalue weighted by molar-refractivity contribution is 5.69. The molecular weight excluding hydrogens is 232 g/mol. The van der Waals surface area contributed by atoms with Gasteiger partial charge in [-0.05, 0) is 37.5 Å². The van der Waals surface area contributed by atoms with Crippen LogP contribution in [0.25, 0.3) is 11.2 Å². The third-order valence-corrected chi connectivity index (χ3v) is 4.00. The molecule has 94 valence electrons. The summed E-state index contributed by atoms with van der Waals surface area (Å²) in [6, 6.07) is 0.410. The lowest BCUT2D eigenvalue weighted by Crippen LogP contribution is -2.23. The van der Waals surface area contributed by atoms with Crippen molar-refractivity contribution in [3.8, 4) is 0 Å². The van der Waals surface area contributed by atoms with Gasteiger partial charge in [-0.3, -0.25) is 14.8 Å². The van der Waals surface area contributed by atoms with Gasteiger partial charge in [0, 0.05) is 6.04 Å². The number of imidazole rings is 1. The molecule has 0 spiro atoms. The van der Waals surface area contributed by atoms with Crippen molar-refractivity contribution in [2.24, 2.45) is 11.8 Å². The molecule has 4 rings (SSSR count). The molecule has 0 aromatic carbocycles. The normalized spacial score (nSPS) is 19.8. The molecule has 2 N–H and O–H groups in total. The van der Waals surface area contributed by atoms with Gasteiger partial charge in [0.25, 0.3) is 5.56 Å². The van der Waals surface area contributed by atoms with Gasteiger partial charge in [0.15, 0.2) is 5.52 Å². The Kier molecular flexibility index (Phi) is 1.87. The maximum Gasteiger partial charge on any atom is 0.327 e. The van der Waals surface area contributed by atoms with Crippen molar-refractivity contribution in [3.63, 3.8) is 0 Å². The van der Waals surface area contributed by atoms with Crippen LogP contribution in [0.15, 0.2) is 15.9 Å². The lowest BCUT2D eigenvalue weighted by molar-refractivity contribution is 0.402. The van der Waals surface area contributed by atoms with Crippen LogP contribution >= 0.6 is 0 Å². The van der Waals surface area contributed by atoms with E-state index in [1.165, 1.54) is 25.7 Å². The molecule has 0 unspecified atom stereocenters. The zero-order valence-electron chi connectivity index (χ0n) is 9.85. The SMILES string of the molecule is O=c1[nH]c(=O)c2ncn(C(C3CC3)C3CC3)c2[nH]1. The van der Waals surface area contributed by atoms with E-state index in [1.807, 2.05) is 4.57 Å². The summed E-state index contributed by atoms with van der Waals surface area (Å²) in [6.45, 7) is 0. The molecule has 0 amide bonds. The van der Waals surface area contributed by atoms with Crippen molar-refractivity contribution in [2.75, 3.05) is 0 Å². The summed E-state index contributed by atoms with van der Waals surface area (Å²) in [5.74, 6) is 1.38. The minimum absolute atomic E-state index is 0.334. The highest BCUT2D eigenvalue weighted by Gasteiger charge is 2.43. The zero-order valence-corrected chi connectivity index (χ0v) is 9.85. The van der Waals surface area contributed by atoms with E-state index in [0.717, 1.165) is 0 Å². The Balaban J connectivity index is 1.93. The van der Waals surface area contributed by atoms with E-state index in [2.05, 4.69) is 15.0 Å². The molecule has 2 aromatic rings. The monoisotopic (exact) mass is 246 g/mol. The Morgan fingerprint density at radius 3 is 2.44 bits per heavy atom. The number of H-pyrrole nitrogens is 2. The first-order chi connectivity index (χ1) is 8.74. The predicted molar refractivity (Wildman–Crippen MR) is 65.5 cm³/mol. The fourth-order valence-electron chi connectivity index (χ4n) is 2.89. The van der Waals surface area contributed by atoms with Crippen molar-refractivity contribution in [2.45, 2.75) is 31.7 Å². The Morgan fingerprint density at radius 2 is 1.83 bits per heavy atom. The first-order valence-electron chi connectivity index (χ1n) is 6.43. The van der Waals surface area contributed by atoms with E-state index in [4.69, 9.17) is 0 Å². The molecule has 0 bridgehead atoms. The highest BCUT2D eigenvalue weighted by Crippen LogP contribution is 2.52. The first-order valence-corrected chi connectivity index (χ1v) is 6.43. The Labute approximate surface area is 102 Å². The van der Waals surface area contributed by atoms with E-state index in [9.17, 15) is 9.59 Å². The first kappa shape index (κ1) is 10.1. The van der Waals surface area contributed by atoms with Gasteiger partial charge in [0.1, 0.15) is 5.65 Å². The number of hydrogen-bond acceptors (Lipinski definition) is 3. The van der Waals surface area contributed by atoms with Crippen LogP contribution in [0.2, 0.25) is 0 Å². The number of fused-ring (bicyclic) bond motifs is 1. The summed E-state index contributed by atoms with van der Waals surface area (Å²) in [4.78, 5) is 32.1. The van der Waals surface area contributed by atoms with Crippen molar-refractivity contribution < 1.29 is 0 Å². The van der Waals surface area contributed by atoms with Crippen LogP contribution in [0.3, 0.4) is 0 Å². The maximum absolute atomic E-state index is 11.7. The largest absolute Gasteiger partial charge is 0.327 e. The molecule has 2 aliphatic carbocycles. The molecule has 2 heterocycles. The van der Waals surface area contributed by atoms with Crippen molar-refractivity contribution in [1.82, 2.24) is 19.5 Å². The lowest BCUT2D eigenvalue weighted by atomic mass is 10.1. The van der Waals surface area contributed by atoms with Gasteiger partial charge < -0.3 is 4.57 Å². The molecule has 6 heteroatoms. The van der Waals surface area contributed by atoms with Crippen LogP contribution in [-0.2, 0) is 0 Å². The van der Waals surface area contributed by atoms with Crippen LogP contribution in [0.1, 0.15) is 31.7 Å². The van der Waals surface area contributed by atoms with Gasteiger partial charge >= 0.3 is 5.69 Å². The van der Waals surface area contributed by atoms with E-state index in [0.29, 0.717) is 29.0 Å². The van der Waals surface area contributed by atoms with E-state index >= 15 is 0 Å². The second-order valence-corrected chi connectivity index (χ2v) is 5.42. The Bertz CT molecular complexity index is 705. The number of nitrogens with zero attached hydrogens (tertiary/aromatic N) is 2. The molecule has 6 nitrogen and oxygen atoms in total. The van der Waals surface area contributed by atoms with Gasteiger partial charge in [-0.2, -0.15) is 0 Å². The summed E-state index contributed by atoms with van der Waals surface area (Å²) >= 11 is 0. The van der Waals surface area contributed by atoms with Crippen molar-refractivity contribution in [1.29, 1.82) is 0 Å². The Morgan fingerprint density at radius 1 is 1.17 bits per heavy atom. The fourth-order valence-corrected chi connectivity index (χ4v) is 2.89. The van der Waals surface area contributed by atoms with Gasteiger partial charge in [-0.25, -0.2) is 9.78 Å². The summed E-state index contributed by atoms with van der Waals surface area (Å²) in [5.41, 5.74) is 0.0471. The summed E-state index contributed by atoms with van der Waals surface area (Å²) in [6.07, 6.45) is 6.68. The number of aromatic nitrogens is 4. The molecule has 0 saturated heterocycles. The van der Waals surface area contributed by atoms with E-state index in [1.54, 1.807) is 6.33 Å². The second-order valence-electron chi connectivity index (χ2n) is 5.42. The lowest BCUT2D eigenvalue weighted by Gasteiger charge is -2.17. The predicted octanol–water partition coefficient (Wildman–Crippen LogP) is 0.774. The zero-order chi connectivity index (χ0) is 12.3. The molecule has 0 atom stereocenters. The minimum atomic E-state index is -0.459. The summed E-state index contributed by atoms with van der Waals surface area (Å²) in [7, 11) is 0. The molecule has 2 aromatic heterocycles. The van der Waals surface area contributed by atoms with Gasteiger partial charge in [0.2, 0.25) is 0 Å². The van der Waals surface area contributed by atoms with Crippen LogP contribution in [0.4, 0.5) is 0 Å². The molecular formula is C12H14N4O2. The number of hydrogen-bond donors (Lipinski definition) is 2. The smallest absolute Gasteiger partial charge is 0.313 e. The molecule has 0 radical (unpaired) electrons. The van der Waals surface area contributed by atoms with Crippen LogP contribution in [0.5, 0.6) is 0 Å². The molecule has 2 saturated carbocycles. The maximum atomic E-state index is 11.7. The van der Waals surface area contributed by atoms with E-state index < -0.39 is 11.2 Å². The second kappa shape index (κ2) is 3.34. The molecule has 0 aliphatic heterocycles. The number of aromatic amines is 2. The third kappa shape index (κ3) is 1.45. The summed E-state index contributed by atoms with van der Waals surface area (Å²) < 4.78 is 2.02. The van der Waals surface area contributed by atoms with Crippen molar-refractivity contribution >= 4 is 11.2 Å². The van der Waals surface area contributed by atoms with E-state index in [-0.39, 0.29) is 0 Å². The third-order valence-electron chi connectivity index (χ3n) is 4.00. The molecule has 2 aliphatic rings. The van der Waals surface area contributed by atoms with Crippen LogP contribution in [-0.4, -0.2) is 19.5 Å². The topological polar surface area (TPSA) is 83.5 Å². The number of nitrogens with one attached hydrogen (secondary N) is 2. The van der Waals surface area contributed by atoms with Crippen LogP contribution < -0.4 is 11.2 Å². The van der Waals surface area contributed by atoms with Gasteiger partial charge in [-0.15, -0.1) is 0 Å². The summed E-state index contributed by atoms with van der Waals surface area (Å²) in [5, 5.41) is 0. The number of rotatable bonds is 3.